The molecule has 3 rings (SSSR count). The molecule has 4 nitrogen and oxygen atoms in total. The minimum absolute atomic E-state index is 0.0542. The van der Waals surface area contributed by atoms with E-state index in [1.807, 2.05) is 24.3 Å². The molecular weight excluding hydrogens is 312 g/mol. The number of rotatable bonds is 3. The fourth-order valence-electron chi connectivity index (χ4n) is 2.71. The molecule has 0 bridgehead atoms. The second-order valence-corrected chi connectivity index (χ2v) is 5.53. The monoisotopic (exact) mass is 331 g/mol. The molecule has 2 N–H and O–H groups in total. The molecular formula is C18H19F2N3O. The number of aliphatic imine (C=N–C) groups is 1. The number of hydrogen-bond acceptors (Lipinski definition) is 2. The summed E-state index contributed by atoms with van der Waals surface area (Å²) >= 11 is 0. The number of nitrogens with one attached hydrogen (secondary N) is 2. The third kappa shape index (κ3) is 3.64. The fourth-order valence-corrected chi connectivity index (χ4v) is 2.71. The molecule has 2 aromatic rings. The number of fused-ring (bicyclic) bond motifs is 1. The van der Waals surface area contributed by atoms with Gasteiger partial charge in [0.15, 0.2) is 5.96 Å². The average Bonchev–Trinajstić information content (AvgIpc) is 2.61. The van der Waals surface area contributed by atoms with E-state index in [1.54, 1.807) is 7.05 Å². The van der Waals surface area contributed by atoms with Crippen LogP contribution in [0.3, 0.4) is 0 Å². The molecule has 0 saturated heterocycles. The van der Waals surface area contributed by atoms with Crippen LogP contribution in [-0.2, 0) is 6.54 Å². The lowest BCUT2D eigenvalue weighted by atomic mass is 10.0. The number of benzene rings is 2. The molecule has 1 aliphatic heterocycles. The van der Waals surface area contributed by atoms with Gasteiger partial charge in [-0.3, -0.25) is 4.99 Å². The van der Waals surface area contributed by atoms with Crippen LogP contribution < -0.4 is 15.4 Å². The van der Waals surface area contributed by atoms with Crippen molar-refractivity contribution in [2.45, 2.75) is 19.0 Å². The highest BCUT2D eigenvalue weighted by atomic mass is 19.1. The Balaban J connectivity index is 1.67. The van der Waals surface area contributed by atoms with Gasteiger partial charge in [-0.05, 0) is 24.3 Å². The number of ether oxygens (including phenoxy) is 1. The van der Waals surface area contributed by atoms with E-state index in [2.05, 4.69) is 15.6 Å². The van der Waals surface area contributed by atoms with Crippen LogP contribution in [0.5, 0.6) is 5.75 Å². The zero-order valence-electron chi connectivity index (χ0n) is 13.4. The quantitative estimate of drug-likeness (QED) is 0.671. The second-order valence-electron chi connectivity index (χ2n) is 5.53. The Labute approximate surface area is 139 Å². The predicted molar refractivity (Wildman–Crippen MR) is 89.0 cm³/mol. The zero-order chi connectivity index (χ0) is 16.9. The highest BCUT2D eigenvalue weighted by Gasteiger charge is 2.21. The van der Waals surface area contributed by atoms with Crippen molar-refractivity contribution in [2.24, 2.45) is 4.99 Å². The van der Waals surface area contributed by atoms with Crippen LogP contribution in [0.15, 0.2) is 47.5 Å². The van der Waals surface area contributed by atoms with E-state index in [-0.39, 0.29) is 18.2 Å². The van der Waals surface area contributed by atoms with Gasteiger partial charge in [-0.15, -0.1) is 0 Å². The maximum absolute atomic E-state index is 13.7. The van der Waals surface area contributed by atoms with Crippen LogP contribution >= 0.6 is 0 Å². The van der Waals surface area contributed by atoms with E-state index in [0.717, 1.165) is 29.9 Å². The summed E-state index contributed by atoms with van der Waals surface area (Å²) in [5.41, 5.74) is 1.31. The highest BCUT2D eigenvalue weighted by molar-refractivity contribution is 5.80. The van der Waals surface area contributed by atoms with Crippen LogP contribution in [0.25, 0.3) is 0 Å². The molecule has 6 heteroatoms. The molecule has 1 atom stereocenters. The van der Waals surface area contributed by atoms with E-state index in [1.165, 1.54) is 6.07 Å². The smallest absolute Gasteiger partial charge is 0.191 e. The SMILES string of the molecule is CN=C(NCc1cc(F)ccc1F)NC1CCOc2ccccc21. The number of guanidine groups is 1. The largest absolute Gasteiger partial charge is 0.493 e. The fraction of sp³-hybridized carbons (Fsp3) is 0.278. The van der Waals surface area contributed by atoms with E-state index < -0.39 is 11.6 Å². The first-order valence-corrected chi connectivity index (χ1v) is 7.80. The maximum Gasteiger partial charge on any atom is 0.191 e. The standard InChI is InChI=1S/C18H19F2N3O/c1-21-18(22-11-12-10-13(19)6-7-15(12)20)23-16-8-9-24-17-5-3-2-4-14(16)17/h2-7,10,16H,8-9,11H2,1H3,(H2,21,22,23). The summed E-state index contributed by atoms with van der Waals surface area (Å²) in [7, 11) is 1.64. The number of para-hydroxylation sites is 1. The van der Waals surface area contributed by atoms with E-state index in [0.29, 0.717) is 12.6 Å². The van der Waals surface area contributed by atoms with Crippen LogP contribution in [0.1, 0.15) is 23.6 Å². The summed E-state index contributed by atoms with van der Waals surface area (Å²) in [5.74, 6) is 0.471. The summed E-state index contributed by atoms with van der Waals surface area (Å²) in [4.78, 5) is 4.16. The molecule has 2 aromatic carbocycles. The van der Waals surface area contributed by atoms with Crippen LogP contribution in [-0.4, -0.2) is 19.6 Å². The van der Waals surface area contributed by atoms with Gasteiger partial charge in [-0.25, -0.2) is 8.78 Å². The van der Waals surface area contributed by atoms with Gasteiger partial charge in [-0.1, -0.05) is 18.2 Å². The first-order valence-electron chi connectivity index (χ1n) is 7.80. The minimum Gasteiger partial charge on any atom is -0.493 e. The molecule has 0 saturated carbocycles. The first-order chi connectivity index (χ1) is 11.7. The Morgan fingerprint density at radius 1 is 1.25 bits per heavy atom. The number of nitrogens with zero attached hydrogens (tertiary/aromatic N) is 1. The van der Waals surface area contributed by atoms with Crippen molar-refractivity contribution in [3.8, 4) is 5.75 Å². The molecule has 1 unspecified atom stereocenters. The molecule has 1 heterocycles. The van der Waals surface area contributed by atoms with Gasteiger partial charge in [0.05, 0.1) is 12.6 Å². The van der Waals surface area contributed by atoms with E-state index in [4.69, 9.17) is 4.74 Å². The van der Waals surface area contributed by atoms with Crippen molar-refractivity contribution in [1.29, 1.82) is 0 Å². The highest BCUT2D eigenvalue weighted by Crippen LogP contribution is 2.31. The second kappa shape index (κ2) is 7.29. The molecule has 0 amide bonds. The van der Waals surface area contributed by atoms with Crippen molar-refractivity contribution in [3.63, 3.8) is 0 Å². The Morgan fingerprint density at radius 3 is 2.92 bits per heavy atom. The molecule has 126 valence electrons. The number of hydrogen-bond donors (Lipinski definition) is 2. The van der Waals surface area contributed by atoms with Crippen LogP contribution in [0.4, 0.5) is 8.78 Å². The first kappa shape index (κ1) is 16.2. The molecule has 1 aliphatic rings. The van der Waals surface area contributed by atoms with Crippen molar-refractivity contribution in [3.05, 3.63) is 65.2 Å². The Hall–Kier alpha value is -2.63. The lowest BCUT2D eigenvalue weighted by Gasteiger charge is -2.28. The van der Waals surface area contributed by atoms with E-state index in [9.17, 15) is 8.78 Å². The maximum atomic E-state index is 13.7. The zero-order valence-corrected chi connectivity index (χ0v) is 13.4. The predicted octanol–water partition coefficient (Wildman–Crippen LogP) is 3.15. The molecule has 0 radical (unpaired) electrons. The lowest BCUT2D eigenvalue weighted by molar-refractivity contribution is 0.261. The van der Waals surface area contributed by atoms with Crippen LogP contribution in [0.2, 0.25) is 0 Å². The summed E-state index contributed by atoms with van der Waals surface area (Å²) in [6, 6.07) is 11.3. The summed E-state index contributed by atoms with van der Waals surface area (Å²) in [5, 5.41) is 6.33. The third-order valence-electron chi connectivity index (χ3n) is 3.95. The van der Waals surface area contributed by atoms with E-state index >= 15 is 0 Å². The van der Waals surface area contributed by atoms with Crippen molar-refractivity contribution >= 4 is 5.96 Å². The van der Waals surface area contributed by atoms with Crippen molar-refractivity contribution in [1.82, 2.24) is 10.6 Å². The molecule has 24 heavy (non-hydrogen) atoms. The van der Waals surface area contributed by atoms with Crippen LogP contribution in [0, 0.1) is 11.6 Å². The lowest BCUT2D eigenvalue weighted by Crippen LogP contribution is -2.40. The topological polar surface area (TPSA) is 45.7 Å². The average molecular weight is 331 g/mol. The number of halogens is 2. The third-order valence-corrected chi connectivity index (χ3v) is 3.95. The molecule has 0 spiro atoms. The van der Waals surface area contributed by atoms with Gasteiger partial charge < -0.3 is 15.4 Å². The van der Waals surface area contributed by atoms with Crippen molar-refractivity contribution < 1.29 is 13.5 Å². The normalized spacial score (nSPS) is 17.0. The van der Waals surface area contributed by atoms with Gasteiger partial charge >= 0.3 is 0 Å². The Morgan fingerprint density at radius 2 is 2.08 bits per heavy atom. The summed E-state index contributed by atoms with van der Waals surface area (Å²) in [6.45, 7) is 0.762. The van der Waals surface area contributed by atoms with Gasteiger partial charge in [0, 0.05) is 31.1 Å². The molecule has 0 fully saturated rings. The molecule has 0 aliphatic carbocycles. The minimum atomic E-state index is -0.463. The van der Waals surface area contributed by atoms with Crippen molar-refractivity contribution in [2.75, 3.05) is 13.7 Å². The van der Waals surface area contributed by atoms with Gasteiger partial charge in [0.25, 0.3) is 0 Å². The summed E-state index contributed by atoms with van der Waals surface area (Å²) < 4.78 is 32.6. The van der Waals surface area contributed by atoms with Gasteiger partial charge in [0.1, 0.15) is 17.4 Å². The summed E-state index contributed by atoms with van der Waals surface area (Å²) in [6.07, 6.45) is 0.798. The van der Waals surface area contributed by atoms with Gasteiger partial charge in [-0.2, -0.15) is 0 Å². The van der Waals surface area contributed by atoms with Gasteiger partial charge in [0.2, 0.25) is 0 Å². The molecule has 0 aromatic heterocycles. The Bertz CT molecular complexity index is 749. The Kier molecular flexibility index (Phi) is 4.93.